The van der Waals surface area contributed by atoms with E-state index in [1.807, 2.05) is 19.9 Å². The van der Waals surface area contributed by atoms with Gasteiger partial charge < -0.3 is 10.5 Å². The largest absolute Gasteiger partial charge is 0.494 e. The lowest BCUT2D eigenvalue weighted by Crippen LogP contribution is -2.02. The van der Waals surface area contributed by atoms with Crippen LogP contribution in [0.3, 0.4) is 0 Å². The van der Waals surface area contributed by atoms with Gasteiger partial charge in [0.05, 0.1) is 28.1 Å². The second-order valence-corrected chi connectivity index (χ2v) is 5.91. The van der Waals surface area contributed by atoms with E-state index in [0.29, 0.717) is 28.7 Å². The van der Waals surface area contributed by atoms with Crippen molar-refractivity contribution in [1.82, 2.24) is 4.98 Å². The number of rotatable bonds is 5. The van der Waals surface area contributed by atoms with Crippen LogP contribution in [0.2, 0.25) is 0 Å². The summed E-state index contributed by atoms with van der Waals surface area (Å²) in [5, 5.41) is 0. The number of anilines is 1. The predicted molar refractivity (Wildman–Crippen MR) is 81.1 cm³/mol. The Kier molecular flexibility index (Phi) is 4.74. The molecule has 1 atom stereocenters. The number of hydrogen-bond acceptors (Lipinski definition) is 4. The molecule has 0 saturated heterocycles. The molecular weight excluding hydrogens is 272 g/mol. The molecule has 2 aromatic rings. The first-order valence-corrected chi connectivity index (χ1v) is 7.73. The van der Waals surface area contributed by atoms with Gasteiger partial charge in [-0.15, -0.1) is 0 Å². The SMILES string of the molecule is CCOc1ccc(N)c(S(=O)Cc2cncc(C)c2)c1. The zero-order valence-corrected chi connectivity index (χ0v) is 12.4. The van der Waals surface area contributed by atoms with Crippen LogP contribution in [0.5, 0.6) is 5.75 Å². The van der Waals surface area contributed by atoms with Crippen molar-refractivity contribution in [3.63, 3.8) is 0 Å². The smallest absolute Gasteiger partial charge is 0.120 e. The summed E-state index contributed by atoms with van der Waals surface area (Å²) < 4.78 is 17.9. The number of nitrogen functional groups attached to an aromatic ring is 1. The second kappa shape index (κ2) is 6.52. The van der Waals surface area contributed by atoms with Crippen LogP contribution in [0.25, 0.3) is 0 Å². The molecule has 1 aromatic carbocycles. The van der Waals surface area contributed by atoms with E-state index in [1.165, 1.54) is 0 Å². The number of hydrogen-bond donors (Lipinski definition) is 1. The molecule has 0 bridgehead atoms. The first-order chi connectivity index (χ1) is 9.60. The van der Waals surface area contributed by atoms with Gasteiger partial charge in [-0.25, -0.2) is 0 Å². The standard InChI is InChI=1S/C15H18N2O2S/c1-3-19-13-4-5-14(16)15(7-13)20(18)10-12-6-11(2)8-17-9-12/h4-9H,3,10,16H2,1-2H3. The van der Waals surface area contributed by atoms with Crippen molar-refractivity contribution < 1.29 is 8.95 Å². The van der Waals surface area contributed by atoms with Crippen LogP contribution >= 0.6 is 0 Å². The molecule has 1 unspecified atom stereocenters. The Morgan fingerprint density at radius 3 is 2.80 bits per heavy atom. The fraction of sp³-hybridized carbons (Fsp3) is 0.267. The third-order valence-electron chi connectivity index (χ3n) is 2.77. The molecule has 0 aliphatic rings. The fourth-order valence-electron chi connectivity index (χ4n) is 1.89. The van der Waals surface area contributed by atoms with Gasteiger partial charge in [0.2, 0.25) is 0 Å². The minimum absolute atomic E-state index is 0.397. The first kappa shape index (κ1) is 14.5. The molecule has 106 valence electrons. The van der Waals surface area contributed by atoms with Crippen LogP contribution in [0.4, 0.5) is 5.69 Å². The van der Waals surface area contributed by atoms with E-state index in [4.69, 9.17) is 10.5 Å². The van der Waals surface area contributed by atoms with E-state index < -0.39 is 10.8 Å². The van der Waals surface area contributed by atoms with Crippen molar-refractivity contribution in [3.05, 3.63) is 47.8 Å². The molecule has 1 heterocycles. The highest BCUT2D eigenvalue weighted by Gasteiger charge is 2.11. The van der Waals surface area contributed by atoms with E-state index in [1.54, 1.807) is 30.6 Å². The first-order valence-electron chi connectivity index (χ1n) is 6.41. The van der Waals surface area contributed by atoms with Gasteiger partial charge in [-0.05, 0) is 43.2 Å². The maximum Gasteiger partial charge on any atom is 0.120 e. The Morgan fingerprint density at radius 1 is 1.30 bits per heavy atom. The van der Waals surface area contributed by atoms with E-state index in [9.17, 15) is 4.21 Å². The van der Waals surface area contributed by atoms with Crippen molar-refractivity contribution in [3.8, 4) is 5.75 Å². The van der Waals surface area contributed by atoms with Crippen LogP contribution in [0.15, 0.2) is 41.6 Å². The van der Waals surface area contributed by atoms with Gasteiger partial charge in [0, 0.05) is 18.1 Å². The Bertz CT molecular complexity index is 629. The molecule has 0 radical (unpaired) electrons. The monoisotopic (exact) mass is 290 g/mol. The van der Waals surface area contributed by atoms with Gasteiger partial charge in [0.1, 0.15) is 5.75 Å². The maximum atomic E-state index is 12.5. The lowest BCUT2D eigenvalue weighted by Gasteiger charge is -2.09. The van der Waals surface area contributed by atoms with Crippen molar-refractivity contribution in [1.29, 1.82) is 0 Å². The summed E-state index contributed by atoms with van der Waals surface area (Å²) in [6.45, 7) is 4.44. The van der Waals surface area contributed by atoms with Gasteiger partial charge in [0.25, 0.3) is 0 Å². The maximum absolute atomic E-state index is 12.5. The van der Waals surface area contributed by atoms with Gasteiger partial charge in [0.15, 0.2) is 0 Å². The number of aryl methyl sites for hydroxylation is 1. The van der Waals surface area contributed by atoms with Gasteiger partial charge in [-0.1, -0.05) is 6.07 Å². The summed E-state index contributed by atoms with van der Waals surface area (Å²) in [6.07, 6.45) is 3.50. The quantitative estimate of drug-likeness (QED) is 0.860. The number of ether oxygens (including phenoxy) is 1. The van der Waals surface area contributed by atoms with Crippen LogP contribution in [-0.2, 0) is 16.6 Å². The lowest BCUT2D eigenvalue weighted by atomic mass is 10.2. The third-order valence-corrected chi connectivity index (χ3v) is 4.21. The normalized spacial score (nSPS) is 12.1. The van der Waals surface area contributed by atoms with Crippen molar-refractivity contribution in [2.24, 2.45) is 0 Å². The van der Waals surface area contributed by atoms with Crippen molar-refractivity contribution >= 4 is 16.5 Å². The highest BCUT2D eigenvalue weighted by Crippen LogP contribution is 2.24. The molecule has 2 N–H and O–H groups in total. The summed E-state index contributed by atoms with van der Waals surface area (Å²) >= 11 is 0. The predicted octanol–water partition coefficient (Wildman–Crippen LogP) is 2.68. The molecule has 0 saturated carbocycles. The number of pyridine rings is 1. The summed E-state index contributed by atoms with van der Waals surface area (Å²) in [5.41, 5.74) is 8.41. The van der Waals surface area contributed by atoms with E-state index in [-0.39, 0.29) is 0 Å². The van der Waals surface area contributed by atoms with Gasteiger partial charge in [-0.2, -0.15) is 0 Å². The molecule has 0 fully saturated rings. The van der Waals surface area contributed by atoms with Crippen LogP contribution in [0.1, 0.15) is 18.1 Å². The lowest BCUT2D eigenvalue weighted by molar-refractivity contribution is 0.339. The van der Waals surface area contributed by atoms with Crippen LogP contribution in [0, 0.1) is 6.92 Å². The summed E-state index contributed by atoms with van der Waals surface area (Å²) in [4.78, 5) is 4.72. The zero-order valence-electron chi connectivity index (χ0n) is 11.6. The minimum Gasteiger partial charge on any atom is -0.494 e. The van der Waals surface area contributed by atoms with E-state index in [2.05, 4.69) is 4.98 Å². The van der Waals surface area contributed by atoms with Gasteiger partial charge >= 0.3 is 0 Å². The number of aromatic nitrogens is 1. The van der Waals surface area contributed by atoms with Crippen LogP contribution in [-0.4, -0.2) is 15.8 Å². The number of benzene rings is 1. The molecular formula is C15H18N2O2S. The topological polar surface area (TPSA) is 65.2 Å². The number of nitrogens with two attached hydrogens (primary N) is 1. The molecule has 0 aliphatic heterocycles. The Balaban J connectivity index is 2.22. The summed E-state index contributed by atoms with van der Waals surface area (Å²) in [7, 11) is -1.21. The molecule has 0 amide bonds. The van der Waals surface area contributed by atoms with Gasteiger partial charge in [-0.3, -0.25) is 9.19 Å². The Labute approximate surface area is 121 Å². The second-order valence-electron chi connectivity index (χ2n) is 4.49. The highest BCUT2D eigenvalue weighted by molar-refractivity contribution is 7.84. The zero-order chi connectivity index (χ0) is 14.5. The average Bonchev–Trinajstić information content (AvgIpc) is 2.41. The fourth-order valence-corrected chi connectivity index (χ4v) is 3.09. The van der Waals surface area contributed by atoms with Crippen molar-refractivity contribution in [2.75, 3.05) is 12.3 Å². The highest BCUT2D eigenvalue weighted by atomic mass is 32.2. The molecule has 2 rings (SSSR count). The molecule has 0 aliphatic carbocycles. The molecule has 1 aromatic heterocycles. The van der Waals surface area contributed by atoms with E-state index >= 15 is 0 Å². The summed E-state index contributed by atoms with van der Waals surface area (Å²) in [5.74, 6) is 1.08. The molecule has 5 heteroatoms. The Morgan fingerprint density at radius 2 is 2.10 bits per heavy atom. The average molecular weight is 290 g/mol. The third kappa shape index (κ3) is 3.57. The Hall–Kier alpha value is -1.88. The van der Waals surface area contributed by atoms with E-state index in [0.717, 1.165) is 11.1 Å². The minimum atomic E-state index is -1.21. The molecule has 4 nitrogen and oxygen atoms in total. The molecule has 0 spiro atoms. The van der Waals surface area contributed by atoms with Crippen molar-refractivity contribution in [2.45, 2.75) is 24.5 Å². The number of nitrogens with zero attached hydrogens (tertiary/aromatic N) is 1. The summed E-state index contributed by atoms with van der Waals surface area (Å²) in [6, 6.07) is 7.24. The molecule has 20 heavy (non-hydrogen) atoms. The van der Waals surface area contributed by atoms with Crippen LogP contribution < -0.4 is 10.5 Å².